The van der Waals surface area contributed by atoms with Crippen molar-refractivity contribution in [1.82, 2.24) is 4.72 Å². The van der Waals surface area contributed by atoms with Crippen molar-refractivity contribution >= 4 is 10.0 Å². The maximum atomic E-state index is 13.0. The first kappa shape index (κ1) is 16.1. The van der Waals surface area contributed by atoms with Gasteiger partial charge in [-0.1, -0.05) is 13.8 Å². The number of nitrogens with one attached hydrogen (secondary N) is 1. The average Bonchev–Trinajstić information content (AvgIpc) is 2.26. The molecule has 0 saturated heterocycles. The third-order valence-electron chi connectivity index (χ3n) is 3.29. The van der Waals surface area contributed by atoms with Crippen LogP contribution in [0.2, 0.25) is 0 Å². The molecule has 0 saturated carbocycles. The molecule has 0 fully saturated rings. The summed E-state index contributed by atoms with van der Waals surface area (Å²) in [7, 11) is -3.75. The van der Waals surface area contributed by atoms with Crippen molar-refractivity contribution < 1.29 is 17.9 Å². The molecule has 6 heteroatoms. The van der Waals surface area contributed by atoms with Crippen LogP contribution >= 0.6 is 0 Å². The highest BCUT2D eigenvalue weighted by Gasteiger charge is 2.28. The van der Waals surface area contributed by atoms with Crippen LogP contribution in [-0.4, -0.2) is 25.7 Å². The van der Waals surface area contributed by atoms with Gasteiger partial charge in [0.25, 0.3) is 0 Å². The Morgan fingerprint density at radius 2 is 2.00 bits per heavy atom. The van der Waals surface area contributed by atoms with Gasteiger partial charge in [-0.25, -0.2) is 17.5 Å². The van der Waals surface area contributed by atoms with E-state index in [9.17, 15) is 17.9 Å². The molecule has 0 bridgehead atoms. The Labute approximate surface area is 113 Å². The van der Waals surface area contributed by atoms with Crippen molar-refractivity contribution in [2.45, 2.75) is 38.2 Å². The van der Waals surface area contributed by atoms with Gasteiger partial charge in [0.15, 0.2) is 0 Å². The molecule has 1 atom stereocenters. The van der Waals surface area contributed by atoms with Crippen molar-refractivity contribution in [3.8, 4) is 0 Å². The minimum atomic E-state index is -3.75. The van der Waals surface area contributed by atoms with Crippen LogP contribution < -0.4 is 4.72 Å². The number of sulfonamides is 1. The minimum absolute atomic E-state index is 0.0217. The van der Waals surface area contributed by atoms with Gasteiger partial charge in [0.2, 0.25) is 10.0 Å². The Morgan fingerprint density at radius 3 is 2.47 bits per heavy atom. The predicted octanol–water partition coefficient (Wildman–Crippen LogP) is 1.82. The number of aryl methyl sites for hydroxylation is 1. The fraction of sp³-hybridized carbons (Fsp3) is 0.538. The van der Waals surface area contributed by atoms with E-state index in [-0.39, 0.29) is 17.4 Å². The first-order chi connectivity index (χ1) is 8.56. The average molecular weight is 289 g/mol. The Bertz CT molecular complexity index is 553. The number of hydrogen-bond acceptors (Lipinski definition) is 3. The Kier molecular flexibility index (Phi) is 4.71. The standard InChI is InChI=1S/C13H20FNO3S/c1-9(2)13(4,16)8-15-19(17,18)12-6-5-11(14)7-10(12)3/h5-7,9,15-16H,8H2,1-4H3. The van der Waals surface area contributed by atoms with E-state index in [1.165, 1.54) is 13.0 Å². The molecular formula is C13H20FNO3S. The number of benzene rings is 1. The topological polar surface area (TPSA) is 66.4 Å². The summed E-state index contributed by atoms with van der Waals surface area (Å²) in [6.45, 7) is 6.61. The van der Waals surface area contributed by atoms with Crippen LogP contribution in [0, 0.1) is 18.7 Å². The van der Waals surface area contributed by atoms with Crippen LogP contribution in [-0.2, 0) is 10.0 Å². The molecule has 4 nitrogen and oxygen atoms in total. The summed E-state index contributed by atoms with van der Waals surface area (Å²) in [4.78, 5) is 0.0217. The number of rotatable bonds is 5. The van der Waals surface area contributed by atoms with E-state index >= 15 is 0 Å². The lowest BCUT2D eigenvalue weighted by Gasteiger charge is -2.27. The maximum absolute atomic E-state index is 13.0. The fourth-order valence-electron chi connectivity index (χ4n) is 1.44. The molecule has 2 N–H and O–H groups in total. The minimum Gasteiger partial charge on any atom is -0.389 e. The summed E-state index contributed by atoms with van der Waals surface area (Å²) in [6, 6.07) is 3.48. The molecule has 0 aliphatic heterocycles. The molecule has 0 aromatic heterocycles. The van der Waals surface area contributed by atoms with Crippen LogP contribution in [0.25, 0.3) is 0 Å². The van der Waals surface area contributed by atoms with Gasteiger partial charge in [-0.3, -0.25) is 0 Å². The largest absolute Gasteiger partial charge is 0.389 e. The molecule has 1 aromatic carbocycles. The molecule has 19 heavy (non-hydrogen) atoms. The molecule has 1 aromatic rings. The first-order valence-corrected chi connectivity index (χ1v) is 7.53. The highest BCUT2D eigenvalue weighted by Crippen LogP contribution is 2.19. The van der Waals surface area contributed by atoms with Gasteiger partial charge in [0, 0.05) is 6.54 Å². The van der Waals surface area contributed by atoms with Gasteiger partial charge in [0.05, 0.1) is 10.5 Å². The van der Waals surface area contributed by atoms with Crippen molar-refractivity contribution in [3.63, 3.8) is 0 Å². The number of aliphatic hydroxyl groups is 1. The summed E-state index contributed by atoms with van der Waals surface area (Å²) in [6.07, 6.45) is 0. The molecular weight excluding hydrogens is 269 g/mol. The molecule has 0 spiro atoms. The number of hydrogen-bond donors (Lipinski definition) is 2. The van der Waals surface area contributed by atoms with Crippen LogP contribution in [0.4, 0.5) is 4.39 Å². The second kappa shape index (κ2) is 5.56. The highest BCUT2D eigenvalue weighted by atomic mass is 32.2. The third kappa shape index (κ3) is 3.99. The molecule has 0 aliphatic carbocycles. The first-order valence-electron chi connectivity index (χ1n) is 6.04. The summed E-state index contributed by atoms with van der Waals surface area (Å²) >= 11 is 0. The SMILES string of the molecule is Cc1cc(F)ccc1S(=O)(=O)NCC(C)(O)C(C)C. The lowest BCUT2D eigenvalue weighted by molar-refractivity contribution is 0.0190. The van der Waals surface area contributed by atoms with E-state index < -0.39 is 21.4 Å². The second-order valence-corrected chi connectivity index (χ2v) is 6.98. The maximum Gasteiger partial charge on any atom is 0.240 e. The van der Waals surface area contributed by atoms with Crippen LogP contribution in [0.5, 0.6) is 0 Å². The zero-order valence-corrected chi connectivity index (χ0v) is 12.4. The van der Waals surface area contributed by atoms with E-state index in [1.807, 2.05) is 0 Å². The van der Waals surface area contributed by atoms with E-state index in [2.05, 4.69) is 4.72 Å². The molecule has 0 aliphatic rings. The van der Waals surface area contributed by atoms with Gasteiger partial charge in [-0.2, -0.15) is 0 Å². The zero-order valence-electron chi connectivity index (χ0n) is 11.6. The molecule has 0 amide bonds. The van der Waals surface area contributed by atoms with Crippen molar-refractivity contribution in [1.29, 1.82) is 0 Å². The monoisotopic (exact) mass is 289 g/mol. The Balaban J connectivity index is 2.94. The van der Waals surface area contributed by atoms with Crippen LogP contribution in [0.1, 0.15) is 26.3 Å². The van der Waals surface area contributed by atoms with Gasteiger partial charge in [-0.05, 0) is 43.5 Å². The van der Waals surface area contributed by atoms with Crippen molar-refractivity contribution in [3.05, 3.63) is 29.6 Å². The van der Waals surface area contributed by atoms with E-state index in [0.29, 0.717) is 5.56 Å². The lowest BCUT2D eigenvalue weighted by atomic mass is 9.93. The Hall–Kier alpha value is -0.980. The molecule has 0 heterocycles. The van der Waals surface area contributed by atoms with Crippen LogP contribution in [0.15, 0.2) is 23.1 Å². The van der Waals surface area contributed by atoms with Gasteiger partial charge < -0.3 is 5.11 Å². The summed E-state index contributed by atoms with van der Waals surface area (Å²) in [5, 5.41) is 10.0. The number of halogens is 1. The van der Waals surface area contributed by atoms with Crippen LogP contribution in [0.3, 0.4) is 0 Å². The van der Waals surface area contributed by atoms with Gasteiger partial charge >= 0.3 is 0 Å². The second-order valence-electron chi connectivity index (χ2n) is 5.25. The molecule has 108 valence electrons. The van der Waals surface area contributed by atoms with E-state index in [0.717, 1.165) is 12.1 Å². The van der Waals surface area contributed by atoms with Crippen molar-refractivity contribution in [2.24, 2.45) is 5.92 Å². The van der Waals surface area contributed by atoms with Crippen molar-refractivity contribution in [2.75, 3.05) is 6.54 Å². The molecule has 1 rings (SSSR count). The fourth-order valence-corrected chi connectivity index (χ4v) is 2.81. The smallest absolute Gasteiger partial charge is 0.240 e. The summed E-state index contributed by atoms with van der Waals surface area (Å²) < 4.78 is 39.5. The third-order valence-corrected chi connectivity index (χ3v) is 4.85. The van der Waals surface area contributed by atoms with Gasteiger partial charge in [0.1, 0.15) is 5.82 Å². The van der Waals surface area contributed by atoms with Gasteiger partial charge in [-0.15, -0.1) is 0 Å². The summed E-state index contributed by atoms with van der Waals surface area (Å²) in [5.74, 6) is -0.574. The quantitative estimate of drug-likeness (QED) is 0.869. The predicted molar refractivity (Wildman–Crippen MR) is 71.8 cm³/mol. The van der Waals surface area contributed by atoms with E-state index in [1.54, 1.807) is 20.8 Å². The zero-order chi connectivity index (χ0) is 14.8. The normalized spacial score (nSPS) is 15.5. The van der Waals surface area contributed by atoms with E-state index in [4.69, 9.17) is 0 Å². The Morgan fingerprint density at radius 1 is 1.42 bits per heavy atom. The lowest BCUT2D eigenvalue weighted by Crippen LogP contribution is -2.44. The molecule has 0 radical (unpaired) electrons. The molecule has 1 unspecified atom stereocenters. The highest BCUT2D eigenvalue weighted by molar-refractivity contribution is 7.89. The summed E-state index contributed by atoms with van der Waals surface area (Å²) in [5.41, 5.74) is -0.808.